The van der Waals surface area contributed by atoms with Gasteiger partial charge in [-0.3, -0.25) is 4.79 Å². The predicted octanol–water partition coefficient (Wildman–Crippen LogP) is 4.59. The second kappa shape index (κ2) is 10.6. The number of benzene rings is 2. The Morgan fingerprint density at radius 1 is 1.32 bits per heavy atom. The maximum Gasteiger partial charge on any atom is 0.407 e. The summed E-state index contributed by atoms with van der Waals surface area (Å²) in [6.07, 6.45) is 2.06. The molecule has 0 radical (unpaired) electrons. The van der Waals surface area contributed by atoms with Crippen molar-refractivity contribution in [3.8, 4) is 6.07 Å². The molecule has 1 aliphatic heterocycles. The van der Waals surface area contributed by atoms with Gasteiger partial charge in [0.25, 0.3) is 0 Å². The number of aryl methyl sites for hydroxylation is 2. The highest BCUT2D eigenvalue weighted by Crippen LogP contribution is 2.29. The monoisotopic (exact) mass is 479 g/mol. The molecule has 2 heterocycles. The number of amides is 2. The minimum atomic E-state index is -0.547. The van der Waals surface area contributed by atoms with E-state index >= 15 is 0 Å². The molecule has 3 aromatic rings. The number of aromatic nitrogens is 2. The van der Waals surface area contributed by atoms with Crippen LogP contribution in [0, 0.1) is 11.3 Å². The van der Waals surface area contributed by atoms with Gasteiger partial charge in [0.1, 0.15) is 5.82 Å². The first kappa shape index (κ1) is 23.6. The summed E-state index contributed by atoms with van der Waals surface area (Å²) in [6.45, 7) is 0.872. The third-order valence-corrected chi connectivity index (χ3v) is 6.27. The topological polar surface area (TPSA) is 100 Å². The number of rotatable bonds is 6. The molecular weight excluding hydrogens is 454 g/mol. The quantitative estimate of drug-likeness (QED) is 0.521. The van der Waals surface area contributed by atoms with Gasteiger partial charge in [-0.15, -0.1) is 0 Å². The minimum Gasteiger partial charge on any atom is -0.453 e. The van der Waals surface area contributed by atoms with Gasteiger partial charge in [0, 0.05) is 36.1 Å². The van der Waals surface area contributed by atoms with E-state index in [0.717, 1.165) is 28.1 Å². The van der Waals surface area contributed by atoms with Crippen LogP contribution in [0.25, 0.3) is 11.0 Å². The Bertz CT molecular complexity index is 1250. The number of imidazole rings is 1. The van der Waals surface area contributed by atoms with Gasteiger partial charge in [-0.25, -0.2) is 9.78 Å². The molecule has 0 saturated heterocycles. The van der Waals surface area contributed by atoms with E-state index in [1.54, 1.807) is 11.0 Å². The molecule has 0 bridgehead atoms. The molecule has 34 heavy (non-hydrogen) atoms. The number of halogens is 1. The van der Waals surface area contributed by atoms with Crippen molar-refractivity contribution in [1.82, 2.24) is 14.9 Å². The molecule has 0 saturated carbocycles. The third kappa shape index (κ3) is 5.15. The number of para-hydroxylation sites is 1. The van der Waals surface area contributed by atoms with E-state index in [9.17, 15) is 9.59 Å². The number of carbonyl (C=O) groups is 2. The number of nitrogens with one attached hydrogen (secondary N) is 1. The number of hydrogen-bond donors (Lipinski definition) is 1. The van der Waals surface area contributed by atoms with Gasteiger partial charge in [0.2, 0.25) is 5.91 Å². The molecule has 4 rings (SSSR count). The molecular formula is C25H26ClN5O3. The van der Waals surface area contributed by atoms with Crippen LogP contribution in [-0.2, 0) is 29.0 Å². The maximum absolute atomic E-state index is 13.5. The second-order valence-corrected chi connectivity index (χ2v) is 8.70. The molecule has 9 heteroatoms. The summed E-state index contributed by atoms with van der Waals surface area (Å²) < 4.78 is 6.79. The number of nitriles is 1. The summed E-state index contributed by atoms with van der Waals surface area (Å²) >= 11 is 6.20. The fourth-order valence-electron chi connectivity index (χ4n) is 4.38. The summed E-state index contributed by atoms with van der Waals surface area (Å²) in [6, 6.07) is 15.2. The van der Waals surface area contributed by atoms with E-state index in [2.05, 4.69) is 16.0 Å². The zero-order chi connectivity index (χ0) is 24.1. The standard InChI is InChI=1S/C25H26ClN5O3/c1-34-25(33)28-19-10-8-17-6-2-3-7-21(17)31(24(32)15-19)16-23-29-20-14-18(26)9-11-22(20)30(23)13-5-4-12-27/h2-3,6-7,9,11,14,19H,4-5,8,10,13,15-16H2,1H3,(H,28,33)/t19-/m1/s1. The minimum absolute atomic E-state index is 0.109. The molecule has 2 amide bonds. The van der Waals surface area contributed by atoms with E-state index < -0.39 is 6.09 Å². The first-order valence-corrected chi connectivity index (χ1v) is 11.6. The summed E-state index contributed by atoms with van der Waals surface area (Å²) in [5, 5.41) is 12.4. The number of fused-ring (bicyclic) bond motifs is 2. The molecule has 0 unspecified atom stereocenters. The van der Waals surface area contributed by atoms with Crippen molar-refractivity contribution < 1.29 is 14.3 Å². The summed E-state index contributed by atoms with van der Waals surface area (Å²) in [4.78, 5) is 31.8. The molecule has 1 N–H and O–H groups in total. The lowest BCUT2D eigenvalue weighted by molar-refractivity contribution is -0.119. The lowest BCUT2D eigenvalue weighted by atomic mass is 9.97. The Balaban J connectivity index is 1.71. The van der Waals surface area contributed by atoms with Crippen LogP contribution in [0.1, 0.15) is 37.1 Å². The Morgan fingerprint density at radius 2 is 2.15 bits per heavy atom. The first-order valence-electron chi connectivity index (χ1n) is 11.2. The smallest absolute Gasteiger partial charge is 0.407 e. The van der Waals surface area contributed by atoms with Crippen molar-refractivity contribution in [2.24, 2.45) is 0 Å². The van der Waals surface area contributed by atoms with Crippen LogP contribution in [0.4, 0.5) is 10.5 Å². The van der Waals surface area contributed by atoms with Crippen molar-refractivity contribution in [3.63, 3.8) is 0 Å². The number of hydrogen-bond acceptors (Lipinski definition) is 5. The predicted molar refractivity (Wildman–Crippen MR) is 129 cm³/mol. The van der Waals surface area contributed by atoms with Gasteiger partial charge in [-0.2, -0.15) is 5.26 Å². The van der Waals surface area contributed by atoms with Crippen molar-refractivity contribution in [3.05, 3.63) is 58.9 Å². The molecule has 1 aromatic heterocycles. The fraction of sp³-hybridized carbons (Fsp3) is 0.360. The number of ether oxygens (including phenoxy) is 1. The van der Waals surface area contributed by atoms with Crippen LogP contribution in [0.3, 0.4) is 0 Å². The summed E-state index contributed by atoms with van der Waals surface area (Å²) in [5.41, 5.74) is 3.54. The zero-order valence-corrected chi connectivity index (χ0v) is 19.7. The normalized spacial score (nSPS) is 15.9. The van der Waals surface area contributed by atoms with Gasteiger partial charge >= 0.3 is 6.09 Å². The van der Waals surface area contributed by atoms with E-state index in [1.165, 1.54) is 7.11 Å². The van der Waals surface area contributed by atoms with Crippen LogP contribution in [0.15, 0.2) is 42.5 Å². The maximum atomic E-state index is 13.5. The average Bonchev–Trinajstić information content (AvgIpc) is 3.16. The Morgan fingerprint density at radius 3 is 2.94 bits per heavy atom. The van der Waals surface area contributed by atoms with Crippen molar-refractivity contribution in [1.29, 1.82) is 5.26 Å². The molecule has 0 fully saturated rings. The third-order valence-electron chi connectivity index (χ3n) is 6.03. The van der Waals surface area contributed by atoms with Gasteiger partial charge in [0.05, 0.1) is 30.8 Å². The van der Waals surface area contributed by atoms with E-state index in [4.69, 9.17) is 26.6 Å². The van der Waals surface area contributed by atoms with Crippen LogP contribution < -0.4 is 10.2 Å². The molecule has 0 spiro atoms. The highest BCUT2D eigenvalue weighted by molar-refractivity contribution is 6.31. The SMILES string of the molecule is COC(=O)N[C@@H]1CCc2ccccc2N(Cc2nc3cc(Cl)ccc3n2CCCC#N)C(=O)C1. The molecule has 176 valence electrons. The van der Waals surface area contributed by atoms with Crippen molar-refractivity contribution in [2.45, 2.75) is 51.2 Å². The van der Waals surface area contributed by atoms with Gasteiger partial charge < -0.3 is 19.5 Å². The Kier molecular flexibility index (Phi) is 7.33. The number of alkyl carbamates (subject to hydrolysis) is 1. The summed E-state index contributed by atoms with van der Waals surface area (Å²) in [7, 11) is 1.31. The second-order valence-electron chi connectivity index (χ2n) is 8.26. The number of unbranched alkanes of at least 4 members (excludes halogenated alkanes) is 1. The van der Waals surface area contributed by atoms with Crippen LogP contribution in [0.5, 0.6) is 0 Å². The first-order chi connectivity index (χ1) is 16.5. The number of carbonyl (C=O) groups excluding carboxylic acids is 2. The lowest BCUT2D eigenvalue weighted by Gasteiger charge is -2.30. The van der Waals surface area contributed by atoms with E-state index in [-0.39, 0.29) is 24.9 Å². The summed E-state index contributed by atoms with van der Waals surface area (Å²) in [5.74, 6) is 0.610. The highest BCUT2D eigenvalue weighted by atomic mass is 35.5. The largest absolute Gasteiger partial charge is 0.453 e. The van der Waals surface area contributed by atoms with Crippen LogP contribution >= 0.6 is 11.6 Å². The van der Waals surface area contributed by atoms with Gasteiger partial charge in [-0.05, 0) is 49.1 Å². The molecule has 1 atom stereocenters. The average molecular weight is 480 g/mol. The van der Waals surface area contributed by atoms with Gasteiger partial charge in [0.15, 0.2) is 0 Å². The molecule has 8 nitrogen and oxygen atoms in total. The molecule has 1 aliphatic rings. The zero-order valence-electron chi connectivity index (χ0n) is 19.0. The van der Waals surface area contributed by atoms with Crippen molar-refractivity contribution >= 4 is 40.3 Å². The number of nitrogens with zero attached hydrogens (tertiary/aromatic N) is 4. The molecule has 2 aromatic carbocycles. The van der Waals surface area contributed by atoms with E-state index in [1.807, 2.05) is 36.4 Å². The van der Waals surface area contributed by atoms with Crippen LogP contribution in [-0.4, -0.2) is 34.7 Å². The highest BCUT2D eigenvalue weighted by Gasteiger charge is 2.28. The fourth-order valence-corrected chi connectivity index (χ4v) is 4.54. The van der Waals surface area contributed by atoms with Crippen LogP contribution in [0.2, 0.25) is 5.02 Å². The number of anilines is 1. The Labute approximate surface area is 203 Å². The van der Waals surface area contributed by atoms with Gasteiger partial charge in [-0.1, -0.05) is 29.8 Å². The lowest BCUT2D eigenvalue weighted by Crippen LogP contribution is -2.42. The van der Waals surface area contributed by atoms with Crippen molar-refractivity contribution in [2.75, 3.05) is 12.0 Å². The number of methoxy groups -OCH3 is 1. The van der Waals surface area contributed by atoms with E-state index in [0.29, 0.717) is 37.3 Å². The Hall–Kier alpha value is -3.57. The molecule has 0 aliphatic carbocycles.